The first kappa shape index (κ1) is 20.8. The number of nitrogens with two attached hydrogens (primary N) is 1. The summed E-state index contributed by atoms with van der Waals surface area (Å²) in [5, 5.41) is 12.4. The van der Waals surface area contributed by atoms with Gasteiger partial charge in [0, 0.05) is 0 Å². The summed E-state index contributed by atoms with van der Waals surface area (Å²) < 4.78 is 4.18. The molecule has 27 heavy (non-hydrogen) atoms. The fraction of sp³-hybridized carbons (Fsp3) is 0.136. The average Bonchev–Trinajstić information content (AvgIpc) is 2.75. The summed E-state index contributed by atoms with van der Waals surface area (Å²) in [5.74, 6) is -0.590. The van der Waals surface area contributed by atoms with Crippen LogP contribution >= 0.6 is 7.92 Å². The highest BCUT2D eigenvalue weighted by atomic mass is 31.1. The van der Waals surface area contributed by atoms with E-state index in [-0.39, 0.29) is 6.61 Å². The fourth-order valence-electron chi connectivity index (χ4n) is 2.40. The number of ether oxygens (including phenoxy) is 1. The van der Waals surface area contributed by atoms with Gasteiger partial charge in [0.1, 0.15) is 6.04 Å². The minimum atomic E-state index is -0.889. The van der Waals surface area contributed by atoms with Crippen LogP contribution in [0, 0.1) is 0 Å². The number of aliphatic hydroxyl groups is 1. The van der Waals surface area contributed by atoms with E-state index in [4.69, 9.17) is 10.8 Å². The molecule has 1 unspecified atom stereocenters. The summed E-state index contributed by atoms with van der Waals surface area (Å²) >= 11 is 0. The molecule has 0 bridgehead atoms. The van der Waals surface area contributed by atoms with Crippen LogP contribution in [-0.4, -0.2) is 30.8 Å². The number of hydrogen-bond donors (Lipinski definition) is 2. The van der Waals surface area contributed by atoms with Crippen LogP contribution in [-0.2, 0) is 9.53 Å². The van der Waals surface area contributed by atoms with Crippen LogP contribution in [0.2, 0.25) is 0 Å². The molecule has 0 radical (unpaired) electrons. The molecule has 0 saturated heterocycles. The third kappa shape index (κ3) is 6.30. The molecule has 4 nitrogen and oxygen atoms in total. The van der Waals surface area contributed by atoms with Gasteiger partial charge in [-0.05, 0) is 23.8 Å². The molecule has 3 aromatic rings. The zero-order valence-electron chi connectivity index (χ0n) is 15.2. The van der Waals surface area contributed by atoms with E-state index >= 15 is 0 Å². The minimum absolute atomic E-state index is 0.368. The Morgan fingerprint density at radius 2 is 1.19 bits per heavy atom. The largest absolute Gasteiger partial charge is 0.468 e. The number of carbonyl (C=O) groups excluding carboxylic acids is 1. The van der Waals surface area contributed by atoms with Gasteiger partial charge in [0.15, 0.2) is 0 Å². The lowest BCUT2D eigenvalue weighted by Gasteiger charge is -2.18. The van der Waals surface area contributed by atoms with Gasteiger partial charge >= 0.3 is 5.97 Å². The van der Waals surface area contributed by atoms with Crippen LogP contribution in [0.3, 0.4) is 0 Å². The number of methoxy groups -OCH3 is 1. The molecule has 0 amide bonds. The van der Waals surface area contributed by atoms with Crippen LogP contribution in [0.1, 0.15) is 0 Å². The maximum absolute atomic E-state index is 10.2. The average molecular weight is 381 g/mol. The second-order valence-electron chi connectivity index (χ2n) is 5.65. The van der Waals surface area contributed by atoms with Gasteiger partial charge in [-0.3, -0.25) is 4.79 Å². The Hall–Kier alpha value is -2.52. The van der Waals surface area contributed by atoms with E-state index in [0.717, 1.165) is 0 Å². The number of benzene rings is 3. The second kappa shape index (κ2) is 11.2. The van der Waals surface area contributed by atoms with E-state index in [1.807, 2.05) is 0 Å². The SMILES string of the molecule is COC(=O)C(N)CO.c1ccc(P(c2ccccc2)c2ccccc2)cc1. The quantitative estimate of drug-likeness (QED) is 0.523. The van der Waals surface area contributed by atoms with Crippen molar-refractivity contribution in [3.8, 4) is 0 Å². The third-order valence-corrected chi connectivity index (χ3v) is 6.19. The predicted octanol–water partition coefficient (Wildman–Crippen LogP) is 1.92. The lowest BCUT2D eigenvalue weighted by Crippen LogP contribution is -2.34. The Morgan fingerprint density at radius 1 is 0.852 bits per heavy atom. The number of esters is 1. The summed E-state index contributed by atoms with van der Waals surface area (Å²) in [6.07, 6.45) is 0. The molecule has 5 heteroatoms. The van der Waals surface area contributed by atoms with Crippen molar-refractivity contribution in [1.82, 2.24) is 0 Å². The van der Waals surface area contributed by atoms with E-state index < -0.39 is 19.9 Å². The van der Waals surface area contributed by atoms with Gasteiger partial charge in [0.2, 0.25) is 0 Å². The van der Waals surface area contributed by atoms with Crippen molar-refractivity contribution in [2.75, 3.05) is 13.7 Å². The first-order chi connectivity index (χ1) is 13.2. The molecular weight excluding hydrogens is 357 g/mol. The molecule has 3 N–H and O–H groups in total. The Bertz CT molecular complexity index is 704. The van der Waals surface area contributed by atoms with Gasteiger partial charge < -0.3 is 15.6 Å². The summed E-state index contributed by atoms with van der Waals surface area (Å²) in [6.45, 7) is -0.368. The highest BCUT2D eigenvalue weighted by molar-refractivity contribution is 7.79. The monoisotopic (exact) mass is 381 g/mol. The summed E-state index contributed by atoms with van der Waals surface area (Å²) in [7, 11) is 0.774. The molecule has 140 valence electrons. The zero-order valence-corrected chi connectivity index (χ0v) is 16.1. The van der Waals surface area contributed by atoms with Crippen molar-refractivity contribution >= 4 is 29.8 Å². The fourth-order valence-corrected chi connectivity index (χ4v) is 4.71. The standard InChI is InChI=1S/C18H15P.C4H9NO3/c1-4-10-16(11-5-1)19(17-12-6-2-7-13-17)18-14-8-3-9-15-18;1-8-4(7)3(5)2-6/h1-15H;3,6H,2,5H2,1H3. The van der Waals surface area contributed by atoms with Crippen LogP contribution in [0.5, 0.6) is 0 Å². The molecular formula is C22H24NO3P. The maximum Gasteiger partial charge on any atom is 0.325 e. The van der Waals surface area contributed by atoms with Gasteiger partial charge in [-0.2, -0.15) is 0 Å². The molecule has 3 aromatic carbocycles. The molecule has 3 rings (SSSR count). The van der Waals surface area contributed by atoms with Crippen LogP contribution < -0.4 is 21.6 Å². The number of rotatable bonds is 5. The highest BCUT2D eigenvalue weighted by Crippen LogP contribution is 2.32. The molecule has 0 fully saturated rings. The third-order valence-electron chi connectivity index (χ3n) is 3.74. The smallest absolute Gasteiger partial charge is 0.325 e. The normalized spacial score (nSPS) is 11.3. The Kier molecular flexibility index (Phi) is 8.66. The van der Waals surface area contributed by atoms with Crippen molar-refractivity contribution < 1.29 is 14.6 Å². The van der Waals surface area contributed by atoms with Crippen molar-refractivity contribution in [3.63, 3.8) is 0 Å². The molecule has 0 aliphatic carbocycles. The first-order valence-corrected chi connectivity index (χ1v) is 9.91. The first-order valence-electron chi connectivity index (χ1n) is 8.57. The summed E-state index contributed by atoms with van der Waals surface area (Å²) in [5.41, 5.74) is 5.00. The lowest BCUT2D eigenvalue weighted by molar-refractivity contribution is -0.143. The summed E-state index contributed by atoms with van der Waals surface area (Å²) in [4.78, 5) is 10.2. The summed E-state index contributed by atoms with van der Waals surface area (Å²) in [6, 6.07) is 31.4. The van der Waals surface area contributed by atoms with Crippen LogP contribution in [0.4, 0.5) is 0 Å². The molecule has 1 atom stereocenters. The Labute approximate surface area is 161 Å². The molecule has 0 spiro atoms. The lowest BCUT2D eigenvalue weighted by atomic mass is 10.3. The molecule has 0 heterocycles. The van der Waals surface area contributed by atoms with E-state index in [1.165, 1.54) is 23.0 Å². The van der Waals surface area contributed by atoms with E-state index in [9.17, 15) is 4.79 Å². The second-order valence-corrected chi connectivity index (χ2v) is 7.87. The van der Waals surface area contributed by atoms with Crippen molar-refractivity contribution in [3.05, 3.63) is 91.0 Å². The van der Waals surface area contributed by atoms with Gasteiger partial charge in [-0.15, -0.1) is 0 Å². The van der Waals surface area contributed by atoms with Gasteiger partial charge in [-0.1, -0.05) is 91.0 Å². The van der Waals surface area contributed by atoms with Gasteiger partial charge in [0.25, 0.3) is 0 Å². The van der Waals surface area contributed by atoms with Crippen LogP contribution in [0.25, 0.3) is 0 Å². The topological polar surface area (TPSA) is 72.5 Å². The number of aliphatic hydroxyl groups excluding tert-OH is 1. The van der Waals surface area contributed by atoms with E-state index in [1.54, 1.807) is 0 Å². The highest BCUT2D eigenvalue weighted by Gasteiger charge is 2.15. The number of hydrogen-bond acceptors (Lipinski definition) is 4. The predicted molar refractivity (Wildman–Crippen MR) is 112 cm³/mol. The van der Waals surface area contributed by atoms with Crippen LogP contribution in [0.15, 0.2) is 91.0 Å². The Balaban J connectivity index is 0.000000279. The van der Waals surface area contributed by atoms with E-state index in [0.29, 0.717) is 0 Å². The van der Waals surface area contributed by atoms with Crippen molar-refractivity contribution in [2.45, 2.75) is 6.04 Å². The van der Waals surface area contributed by atoms with Crippen molar-refractivity contribution in [1.29, 1.82) is 0 Å². The minimum Gasteiger partial charge on any atom is -0.468 e. The molecule has 0 aliphatic rings. The van der Waals surface area contributed by atoms with Gasteiger partial charge in [0.05, 0.1) is 13.7 Å². The van der Waals surface area contributed by atoms with Crippen molar-refractivity contribution in [2.24, 2.45) is 5.73 Å². The molecule has 0 aliphatic heterocycles. The van der Waals surface area contributed by atoms with E-state index in [2.05, 4.69) is 95.7 Å². The number of carbonyl (C=O) groups is 1. The maximum atomic E-state index is 10.2. The Morgan fingerprint density at radius 3 is 1.41 bits per heavy atom. The van der Waals surface area contributed by atoms with Gasteiger partial charge in [-0.25, -0.2) is 0 Å². The zero-order chi connectivity index (χ0) is 19.5. The molecule has 0 aromatic heterocycles. The molecule has 0 saturated carbocycles.